The summed E-state index contributed by atoms with van der Waals surface area (Å²) in [6.07, 6.45) is 1.16. The lowest BCUT2D eigenvalue weighted by atomic mass is 10.4. The first kappa shape index (κ1) is 17.2. The third kappa shape index (κ3) is 13.3. The molecule has 0 heterocycles. The van der Waals surface area contributed by atoms with Crippen molar-refractivity contribution in [3.8, 4) is 0 Å². The third-order valence-corrected chi connectivity index (χ3v) is 1.92. The van der Waals surface area contributed by atoms with Crippen LogP contribution in [0.25, 0.3) is 0 Å². The second kappa shape index (κ2) is 11.3. The van der Waals surface area contributed by atoms with Gasteiger partial charge in [0.05, 0.1) is 38.6 Å². The van der Waals surface area contributed by atoms with E-state index in [-0.39, 0.29) is 12.2 Å². The highest BCUT2D eigenvalue weighted by Crippen LogP contribution is 1.95. The van der Waals surface area contributed by atoms with Crippen LogP contribution in [0.1, 0.15) is 40.5 Å². The number of carbonyl (C=O) groups excluding carboxylic acids is 1. The van der Waals surface area contributed by atoms with Crippen LogP contribution in [0.4, 0.5) is 4.79 Å². The predicted molar refractivity (Wildman–Crippen MR) is 68.7 cm³/mol. The molecule has 0 amide bonds. The maximum Gasteiger partial charge on any atom is 0.508 e. The van der Waals surface area contributed by atoms with Crippen LogP contribution in [-0.2, 0) is 18.9 Å². The first-order chi connectivity index (χ1) is 8.52. The molecule has 0 saturated heterocycles. The van der Waals surface area contributed by atoms with E-state index in [1.807, 2.05) is 27.7 Å². The standard InChI is InChI=1S/C13H26O5/c1-11(2)15-7-5-9-17-13(14)18-10-6-8-16-12(3)4/h11-12H,5-10H2,1-4H3. The fraction of sp³-hybridized carbons (Fsp3) is 0.923. The Kier molecular flexibility index (Phi) is 10.8. The van der Waals surface area contributed by atoms with Crippen molar-refractivity contribution >= 4 is 6.16 Å². The molecule has 18 heavy (non-hydrogen) atoms. The fourth-order valence-corrected chi connectivity index (χ4v) is 1.11. The van der Waals surface area contributed by atoms with Crippen molar-refractivity contribution < 1.29 is 23.7 Å². The summed E-state index contributed by atoms with van der Waals surface area (Å²) < 4.78 is 20.4. The van der Waals surface area contributed by atoms with Gasteiger partial charge in [-0.2, -0.15) is 0 Å². The van der Waals surface area contributed by atoms with Crippen LogP contribution >= 0.6 is 0 Å². The van der Waals surface area contributed by atoms with Gasteiger partial charge >= 0.3 is 6.16 Å². The maximum absolute atomic E-state index is 11.1. The Labute approximate surface area is 110 Å². The third-order valence-electron chi connectivity index (χ3n) is 1.92. The Morgan fingerprint density at radius 2 is 1.17 bits per heavy atom. The normalized spacial score (nSPS) is 11.0. The van der Waals surface area contributed by atoms with Crippen LogP contribution in [0.5, 0.6) is 0 Å². The van der Waals surface area contributed by atoms with Gasteiger partial charge in [0.15, 0.2) is 0 Å². The predicted octanol–water partition coefficient (Wildman–Crippen LogP) is 2.77. The summed E-state index contributed by atoms with van der Waals surface area (Å²) in [6, 6.07) is 0. The first-order valence-electron chi connectivity index (χ1n) is 6.55. The van der Waals surface area contributed by atoms with Crippen LogP contribution in [-0.4, -0.2) is 44.8 Å². The molecule has 0 spiro atoms. The number of hydrogen-bond acceptors (Lipinski definition) is 5. The van der Waals surface area contributed by atoms with Gasteiger partial charge in [0.2, 0.25) is 0 Å². The molecule has 0 aliphatic heterocycles. The second-order valence-electron chi connectivity index (χ2n) is 4.49. The molecular weight excluding hydrogens is 236 g/mol. The average Bonchev–Trinajstić information content (AvgIpc) is 2.27. The van der Waals surface area contributed by atoms with Gasteiger partial charge in [-0.25, -0.2) is 4.79 Å². The van der Waals surface area contributed by atoms with Crippen molar-refractivity contribution in [2.45, 2.75) is 52.7 Å². The van der Waals surface area contributed by atoms with Gasteiger partial charge in [0.1, 0.15) is 0 Å². The summed E-state index contributed by atoms with van der Waals surface area (Å²) in [6.45, 7) is 9.70. The number of carbonyl (C=O) groups is 1. The Balaban J connectivity index is 3.22. The quantitative estimate of drug-likeness (QED) is 0.447. The molecule has 0 aromatic rings. The zero-order chi connectivity index (χ0) is 13.8. The molecule has 0 saturated carbocycles. The fourth-order valence-electron chi connectivity index (χ4n) is 1.11. The lowest BCUT2D eigenvalue weighted by Crippen LogP contribution is -2.13. The highest BCUT2D eigenvalue weighted by molar-refractivity contribution is 5.59. The molecule has 0 radical (unpaired) electrons. The van der Waals surface area contributed by atoms with E-state index in [0.717, 1.165) is 0 Å². The lowest BCUT2D eigenvalue weighted by molar-refractivity contribution is 0.0257. The smallest absolute Gasteiger partial charge is 0.434 e. The van der Waals surface area contributed by atoms with E-state index in [9.17, 15) is 4.79 Å². The molecule has 0 bridgehead atoms. The molecule has 0 aromatic carbocycles. The molecular formula is C13H26O5. The minimum Gasteiger partial charge on any atom is -0.434 e. The minimum absolute atomic E-state index is 0.206. The second-order valence-corrected chi connectivity index (χ2v) is 4.49. The van der Waals surface area contributed by atoms with Crippen LogP contribution < -0.4 is 0 Å². The molecule has 0 atom stereocenters. The van der Waals surface area contributed by atoms with Crippen molar-refractivity contribution in [2.75, 3.05) is 26.4 Å². The average molecular weight is 262 g/mol. The van der Waals surface area contributed by atoms with Crippen LogP contribution in [0.3, 0.4) is 0 Å². The molecule has 0 aliphatic carbocycles. The molecule has 5 heteroatoms. The maximum atomic E-state index is 11.1. The number of ether oxygens (including phenoxy) is 4. The molecule has 0 aliphatic rings. The van der Waals surface area contributed by atoms with Gasteiger partial charge in [0, 0.05) is 12.8 Å². The Morgan fingerprint density at radius 1 is 0.778 bits per heavy atom. The van der Waals surface area contributed by atoms with Crippen LogP contribution in [0.2, 0.25) is 0 Å². The topological polar surface area (TPSA) is 54.0 Å². The van der Waals surface area contributed by atoms with Gasteiger partial charge in [-0.05, 0) is 27.7 Å². The van der Waals surface area contributed by atoms with E-state index in [4.69, 9.17) is 18.9 Å². The summed E-state index contributed by atoms with van der Waals surface area (Å²) in [5, 5.41) is 0. The SMILES string of the molecule is CC(C)OCCCOC(=O)OCCCOC(C)C. The van der Waals surface area contributed by atoms with Crippen LogP contribution in [0, 0.1) is 0 Å². The van der Waals surface area contributed by atoms with E-state index in [0.29, 0.717) is 39.3 Å². The molecule has 0 rings (SSSR count). The van der Waals surface area contributed by atoms with Crippen molar-refractivity contribution in [1.29, 1.82) is 0 Å². The summed E-state index contributed by atoms with van der Waals surface area (Å²) in [5.74, 6) is 0. The van der Waals surface area contributed by atoms with E-state index < -0.39 is 6.16 Å². The van der Waals surface area contributed by atoms with Gasteiger partial charge in [-0.15, -0.1) is 0 Å². The summed E-state index contributed by atoms with van der Waals surface area (Å²) >= 11 is 0. The van der Waals surface area contributed by atoms with Crippen molar-refractivity contribution in [3.05, 3.63) is 0 Å². The van der Waals surface area contributed by atoms with Crippen molar-refractivity contribution in [1.82, 2.24) is 0 Å². The number of hydrogen-bond donors (Lipinski definition) is 0. The zero-order valence-electron chi connectivity index (χ0n) is 11.9. The first-order valence-corrected chi connectivity index (χ1v) is 6.55. The molecule has 0 fully saturated rings. The highest BCUT2D eigenvalue weighted by atomic mass is 16.7. The molecule has 0 N–H and O–H groups in total. The molecule has 5 nitrogen and oxygen atoms in total. The Morgan fingerprint density at radius 3 is 1.50 bits per heavy atom. The van der Waals surface area contributed by atoms with Crippen molar-refractivity contribution in [2.24, 2.45) is 0 Å². The Hall–Kier alpha value is -0.810. The van der Waals surface area contributed by atoms with Crippen LogP contribution in [0.15, 0.2) is 0 Å². The van der Waals surface area contributed by atoms with Gasteiger partial charge < -0.3 is 18.9 Å². The molecule has 0 unspecified atom stereocenters. The van der Waals surface area contributed by atoms with E-state index in [1.165, 1.54) is 0 Å². The van der Waals surface area contributed by atoms with E-state index >= 15 is 0 Å². The zero-order valence-corrected chi connectivity index (χ0v) is 11.9. The van der Waals surface area contributed by atoms with Gasteiger partial charge in [-0.3, -0.25) is 0 Å². The highest BCUT2D eigenvalue weighted by Gasteiger charge is 2.03. The summed E-state index contributed by atoms with van der Waals surface area (Å²) in [7, 11) is 0. The monoisotopic (exact) mass is 262 g/mol. The number of rotatable bonds is 10. The van der Waals surface area contributed by atoms with E-state index in [2.05, 4.69) is 0 Å². The summed E-state index contributed by atoms with van der Waals surface area (Å²) in [5.41, 5.74) is 0. The molecule has 108 valence electrons. The Bertz CT molecular complexity index is 184. The van der Waals surface area contributed by atoms with E-state index in [1.54, 1.807) is 0 Å². The van der Waals surface area contributed by atoms with Gasteiger partial charge in [-0.1, -0.05) is 0 Å². The lowest BCUT2D eigenvalue weighted by Gasteiger charge is -2.09. The van der Waals surface area contributed by atoms with Gasteiger partial charge in [0.25, 0.3) is 0 Å². The minimum atomic E-state index is -0.621. The molecule has 0 aromatic heterocycles. The van der Waals surface area contributed by atoms with Crippen molar-refractivity contribution in [3.63, 3.8) is 0 Å². The summed E-state index contributed by atoms with van der Waals surface area (Å²) in [4.78, 5) is 11.1. The largest absolute Gasteiger partial charge is 0.508 e.